The number of ether oxygens (including phenoxy) is 2. The molecule has 186 valence electrons. The number of carbonyl (C=O) groups is 1. The molecule has 0 heterocycles. The topological polar surface area (TPSA) is 71.3 Å². The lowest BCUT2D eigenvalue weighted by atomic mass is 10.1. The fraction of sp³-hybridized carbons (Fsp3) is 0.161. The van der Waals surface area contributed by atoms with Gasteiger partial charge in [0.2, 0.25) is 0 Å². The van der Waals surface area contributed by atoms with E-state index in [9.17, 15) is 10.1 Å². The summed E-state index contributed by atoms with van der Waals surface area (Å²) in [6, 6.07) is 27.5. The van der Waals surface area contributed by atoms with Crippen LogP contribution < -0.4 is 14.8 Å². The number of carbonyl (C=O) groups excluding carboxylic acids is 1. The van der Waals surface area contributed by atoms with Gasteiger partial charge in [0, 0.05) is 5.69 Å². The van der Waals surface area contributed by atoms with Crippen LogP contribution in [0.1, 0.15) is 30.5 Å². The van der Waals surface area contributed by atoms with Crippen molar-refractivity contribution >= 4 is 44.4 Å². The molecule has 0 saturated heterocycles. The number of rotatable bonds is 9. The molecule has 0 spiro atoms. The van der Waals surface area contributed by atoms with Crippen LogP contribution in [0.3, 0.4) is 0 Å². The minimum Gasteiger partial charge on any atom is -0.490 e. The van der Waals surface area contributed by atoms with Gasteiger partial charge in [0.15, 0.2) is 11.5 Å². The van der Waals surface area contributed by atoms with Crippen molar-refractivity contribution in [1.29, 1.82) is 5.26 Å². The fourth-order valence-corrected chi connectivity index (χ4v) is 4.55. The van der Waals surface area contributed by atoms with Crippen LogP contribution >= 0.6 is 15.9 Å². The van der Waals surface area contributed by atoms with Gasteiger partial charge in [-0.05, 0) is 87.1 Å². The zero-order valence-corrected chi connectivity index (χ0v) is 22.3. The van der Waals surface area contributed by atoms with Gasteiger partial charge in [-0.15, -0.1) is 0 Å². The lowest BCUT2D eigenvalue weighted by Crippen LogP contribution is -2.13. The second-order valence-electron chi connectivity index (χ2n) is 8.36. The number of hydrogen-bond acceptors (Lipinski definition) is 4. The van der Waals surface area contributed by atoms with E-state index in [0.717, 1.165) is 22.8 Å². The zero-order chi connectivity index (χ0) is 26.2. The van der Waals surface area contributed by atoms with Crippen LogP contribution in [0.4, 0.5) is 5.69 Å². The molecule has 4 rings (SSSR count). The number of hydrogen-bond donors (Lipinski definition) is 1. The summed E-state index contributed by atoms with van der Waals surface area (Å²) in [6.45, 7) is 4.75. The quantitative estimate of drug-likeness (QED) is 0.170. The van der Waals surface area contributed by atoms with Crippen molar-refractivity contribution in [2.24, 2.45) is 0 Å². The molecule has 37 heavy (non-hydrogen) atoms. The van der Waals surface area contributed by atoms with Gasteiger partial charge in [0.05, 0.1) is 11.1 Å². The van der Waals surface area contributed by atoms with Crippen molar-refractivity contribution in [2.75, 3.05) is 11.9 Å². The average Bonchev–Trinajstić information content (AvgIpc) is 2.92. The number of anilines is 1. The van der Waals surface area contributed by atoms with Gasteiger partial charge in [-0.1, -0.05) is 61.5 Å². The van der Waals surface area contributed by atoms with E-state index >= 15 is 0 Å². The van der Waals surface area contributed by atoms with Gasteiger partial charge in [-0.3, -0.25) is 4.79 Å². The van der Waals surface area contributed by atoms with E-state index in [1.165, 1.54) is 11.6 Å². The minimum absolute atomic E-state index is 0.0154. The molecule has 1 amide bonds. The monoisotopic (exact) mass is 554 g/mol. The summed E-state index contributed by atoms with van der Waals surface area (Å²) in [5, 5.41) is 14.7. The van der Waals surface area contributed by atoms with Gasteiger partial charge >= 0.3 is 0 Å². The average molecular weight is 555 g/mol. The first kappa shape index (κ1) is 26.0. The summed E-state index contributed by atoms with van der Waals surface area (Å²) < 4.78 is 12.7. The van der Waals surface area contributed by atoms with Crippen LogP contribution in [-0.4, -0.2) is 12.5 Å². The Kier molecular flexibility index (Phi) is 8.60. The Bertz CT molecular complexity index is 1480. The summed E-state index contributed by atoms with van der Waals surface area (Å²) in [6.07, 6.45) is 2.45. The molecule has 0 aromatic heterocycles. The van der Waals surface area contributed by atoms with Crippen LogP contribution in [0.5, 0.6) is 11.5 Å². The van der Waals surface area contributed by atoms with E-state index in [4.69, 9.17) is 9.47 Å². The normalized spacial score (nSPS) is 11.1. The van der Waals surface area contributed by atoms with Crippen LogP contribution in [0.25, 0.3) is 16.8 Å². The van der Waals surface area contributed by atoms with Crippen LogP contribution in [0.15, 0.2) is 88.9 Å². The van der Waals surface area contributed by atoms with Gasteiger partial charge in [0.1, 0.15) is 18.2 Å². The Hall–Kier alpha value is -4.08. The van der Waals surface area contributed by atoms with Gasteiger partial charge < -0.3 is 14.8 Å². The van der Waals surface area contributed by atoms with E-state index < -0.39 is 5.91 Å². The molecule has 0 aliphatic heterocycles. The number of nitrogens with one attached hydrogen (secondary N) is 1. The van der Waals surface area contributed by atoms with Crippen molar-refractivity contribution in [3.63, 3.8) is 0 Å². The smallest absolute Gasteiger partial charge is 0.266 e. The van der Waals surface area contributed by atoms with Crippen LogP contribution in [-0.2, 0) is 17.8 Å². The molecule has 0 unspecified atom stereocenters. The second-order valence-corrected chi connectivity index (χ2v) is 9.22. The molecule has 5 nitrogen and oxygen atoms in total. The first-order valence-electron chi connectivity index (χ1n) is 12.1. The molecule has 0 aliphatic carbocycles. The standard InChI is InChI=1S/C31H27BrN2O3/c1-3-21-12-14-26(15-13-21)34-31(35)25(19-33)16-22-17-28(32)30(29(18-22)36-4-2)37-20-24-10-7-9-23-8-5-6-11-27(23)24/h5-18H,3-4,20H2,1-2H3,(H,34,35)/b25-16+. The van der Waals surface area contributed by atoms with Gasteiger partial charge in [-0.2, -0.15) is 5.26 Å². The largest absolute Gasteiger partial charge is 0.490 e. The Morgan fingerprint density at radius 1 is 1.00 bits per heavy atom. The van der Waals surface area contributed by atoms with E-state index in [2.05, 4.69) is 46.4 Å². The highest BCUT2D eigenvalue weighted by molar-refractivity contribution is 9.10. The minimum atomic E-state index is -0.475. The first-order valence-corrected chi connectivity index (χ1v) is 12.9. The molecule has 0 aliphatic rings. The van der Waals surface area contributed by atoms with E-state index in [0.29, 0.717) is 40.4 Å². The molecule has 0 fully saturated rings. The predicted molar refractivity (Wildman–Crippen MR) is 152 cm³/mol. The maximum absolute atomic E-state index is 12.8. The SMILES string of the molecule is CCOc1cc(/C=C(\C#N)C(=O)Nc2ccc(CC)cc2)cc(Br)c1OCc1cccc2ccccc12. The maximum atomic E-state index is 12.8. The summed E-state index contributed by atoms with van der Waals surface area (Å²) in [5.74, 6) is 0.610. The van der Waals surface area contributed by atoms with Gasteiger partial charge in [0.25, 0.3) is 5.91 Å². The molecule has 0 atom stereocenters. The number of halogens is 1. The van der Waals surface area contributed by atoms with Gasteiger partial charge in [-0.25, -0.2) is 0 Å². The lowest BCUT2D eigenvalue weighted by Gasteiger charge is -2.16. The summed E-state index contributed by atoms with van der Waals surface area (Å²) in [4.78, 5) is 12.8. The Morgan fingerprint density at radius 2 is 1.76 bits per heavy atom. The summed E-state index contributed by atoms with van der Waals surface area (Å²) >= 11 is 3.59. The second kappa shape index (κ2) is 12.2. The molecule has 0 saturated carbocycles. The third-order valence-electron chi connectivity index (χ3n) is 5.88. The number of benzene rings is 4. The van der Waals surface area contributed by atoms with Crippen molar-refractivity contribution in [3.05, 3.63) is 106 Å². The van der Waals surface area contributed by atoms with Crippen molar-refractivity contribution in [2.45, 2.75) is 26.9 Å². The number of nitriles is 1. The van der Waals surface area contributed by atoms with E-state index in [1.807, 2.05) is 67.6 Å². The van der Waals surface area contributed by atoms with Crippen LogP contribution in [0.2, 0.25) is 0 Å². The number of nitrogens with zero attached hydrogens (tertiary/aromatic N) is 1. The molecule has 0 bridgehead atoms. The predicted octanol–water partition coefficient (Wildman–Crippen LogP) is 7.69. The molecule has 4 aromatic carbocycles. The third kappa shape index (κ3) is 6.38. The Morgan fingerprint density at radius 3 is 2.49 bits per heavy atom. The van der Waals surface area contributed by atoms with Crippen molar-refractivity contribution in [1.82, 2.24) is 0 Å². The van der Waals surface area contributed by atoms with E-state index in [1.54, 1.807) is 6.07 Å². The Balaban J connectivity index is 1.57. The zero-order valence-electron chi connectivity index (χ0n) is 20.8. The number of aryl methyl sites for hydroxylation is 1. The lowest BCUT2D eigenvalue weighted by molar-refractivity contribution is -0.112. The highest BCUT2D eigenvalue weighted by Crippen LogP contribution is 2.38. The highest BCUT2D eigenvalue weighted by Gasteiger charge is 2.15. The maximum Gasteiger partial charge on any atom is 0.266 e. The third-order valence-corrected chi connectivity index (χ3v) is 6.47. The summed E-state index contributed by atoms with van der Waals surface area (Å²) in [5.41, 5.74) is 3.49. The number of amides is 1. The number of fused-ring (bicyclic) bond motifs is 1. The molecule has 0 radical (unpaired) electrons. The highest BCUT2D eigenvalue weighted by atomic mass is 79.9. The Labute approximate surface area is 225 Å². The molecule has 6 heteroatoms. The molecular weight excluding hydrogens is 528 g/mol. The van der Waals surface area contributed by atoms with Crippen LogP contribution in [0, 0.1) is 11.3 Å². The molecular formula is C31H27BrN2O3. The fourth-order valence-electron chi connectivity index (χ4n) is 3.98. The van der Waals surface area contributed by atoms with E-state index in [-0.39, 0.29) is 5.57 Å². The molecule has 1 N–H and O–H groups in total. The molecule has 4 aromatic rings. The first-order chi connectivity index (χ1) is 18.0. The van der Waals surface area contributed by atoms with Crippen molar-refractivity contribution in [3.8, 4) is 17.6 Å². The van der Waals surface area contributed by atoms with Crippen molar-refractivity contribution < 1.29 is 14.3 Å². The summed E-state index contributed by atoms with van der Waals surface area (Å²) in [7, 11) is 0.